The summed E-state index contributed by atoms with van der Waals surface area (Å²) in [6.45, 7) is 0. The SMILES string of the molecule is O=C(O)c1c(O)cccc1Br.O=C(O)c1cc(Cl)cc(Cl)c1O. The summed E-state index contributed by atoms with van der Waals surface area (Å²) in [4.78, 5) is 20.9. The normalized spacial score (nSPS) is 9.70. The molecule has 23 heavy (non-hydrogen) atoms. The maximum atomic E-state index is 10.5. The van der Waals surface area contributed by atoms with Gasteiger partial charge < -0.3 is 20.4 Å². The average molecular weight is 424 g/mol. The molecule has 0 aliphatic carbocycles. The lowest BCUT2D eigenvalue weighted by atomic mass is 10.2. The molecule has 0 amide bonds. The molecule has 0 saturated carbocycles. The molecule has 0 aromatic heterocycles. The number of carbonyl (C=O) groups is 2. The fourth-order valence-electron chi connectivity index (χ4n) is 1.45. The molecule has 0 unspecified atom stereocenters. The van der Waals surface area contributed by atoms with Crippen LogP contribution in [0.4, 0.5) is 0 Å². The highest BCUT2D eigenvalue weighted by atomic mass is 79.9. The van der Waals surface area contributed by atoms with Crippen molar-refractivity contribution in [1.82, 2.24) is 0 Å². The predicted molar refractivity (Wildman–Crippen MR) is 87.9 cm³/mol. The van der Waals surface area contributed by atoms with Crippen LogP contribution in [0.2, 0.25) is 10.0 Å². The Morgan fingerprint density at radius 1 is 1.00 bits per heavy atom. The van der Waals surface area contributed by atoms with Gasteiger partial charge in [0.2, 0.25) is 0 Å². The molecule has 0 fully saturated rings. The number of aromatic hydroxyl groups is 2. The van der Waals surface area contributed by atoms with Gasteiger partial charge in [-0.25, -0.2) is 9.59 Å². The van der Waals surface area contributed by atoms with Gasteiger partial charge in [0.05, 0.1) is 5.02 Å². The lowest BCUT2D eigenvalue weighted by molar-refractivity contribution is 0.0682. The highest BCUT2D eigenvalue weighted by Crippen LogP contribution is 2.30. The molecule has 0 atom stereocenters. The molecule has 4 N–H and O–H groups in total. The van der Waals surface area contributed by atoms with E-state index in [9.17, 15) is 9.59 Å². The van der Waals surface area contributed by atoms with Crippen molar-refractivity contribution in [1.29, 1.82) is 0 Å². The first-order chi connectivity index (χ1) is 10.6. The van der Waals surface area contributed by atoms with E-state index in [1.807, 2.05) is 0 Å². The van der Waals surface area contributed by atoms with Gasteiger partial charge in [0.15, 0.2) is 0 Å². The molecule has 2 aromatic carbocycles. The number of phenols is 2. The standard InChI is InChI=1S/C7H5BrO3.C7H4Cl2O3/c8-4-2-1-3-5(9)6(4)7(10)11;8-3-1-4(7(11)12)6(10)5(9)2-3/h1-3,9H,(H,10,11);1-2,10H,(H,11,12). The van der Waals surface area contributed by atoms with Gasteiger partial charge in [-0.3, -0.25) is 0 Å². The quantitative estimate of drug-likeness (QED) is 0.573. The molecule has 2 rings (SSSR count). The first kappa shape index (κ1) is 19.1. The third-order valence-electron chi connectivity index (χ3n) is 2.46. The number of carboxylic acids is 2. The molecule has 0 aliphatic heterocycles. The van der Waals surface area contributed by atoms with Gasteiger partial charge in [0.25, 0.3) is 0 Å². The average Bonchev–Trinajstić information content (AvgIpc) is 2.42. The van der Waals surface area contributed by atoms with Crippen molar-refractivity contribution >= 4 is 51.1 Å². The van der Waals surface area contributed by atoms with Gasteiger partial charge in [0, 0.05) is 9.50 Å². The summed E-state index contributed by atoms with van der Waals surface area (Å²) in [6, 6.07) is 6.85. The van der Waals surface area contributed by atoms with Crippen LogP contribution in [0.15, 0.2) is 34.8 Å². The van der Waals surface area contributed by atoms with E-state index in [1.54, 1.807) is 12.1 Å². The molecule has 9 heteroatoms. The Morgan fingerprint density at radius 2 is 1.61 bits per heavy atom. The van der Waals surface area contributed by atoms with E-state index in [0.717, 1.165) is 6.07 Å². The molecule has 0 spiro atoms. The topological polar surface area (TPSA) is 115 Å². The van der Waals surface area contributed by atoms with E-state index in [1.165, 1.54) is 12.1 Å². The first-order valence-electron chi connectivity index (χ1n) is 5.77. The molecule has 2 aromatic rings. The van der Waals surface area contributed by atoms with E-state index >= 15 is 0 Å². The van der Waals surface area contributed by atoms with Crippen molar-refractivity contribution in [3.05, 3.63) is 56.0 Å². The Balaban J connectivity index is 0.000000231. The Hall–Kier alpha value is -1.96. The second-order valence-electron chi connectivity index (χ2n) is 4.03. The molecule has 122 valence electrons. The van der Waals surface area contributed by atoms with E-state index in [4.69, 9.17) is 43.6 Å². The fraction of sp³-hybridized carbons (Fsp3) is 0. The fourth-order valence-corrected chi connectivity index (χ4v) is 2.47. The van der Waals surface area contributed by atoms with Gasteiger partial charge in [-0.2, -0.15) is 0 Å². The van der Waals surface area contributed by atoms with E-state index in [2.05, 4.69) is 15.9 Å². The minimum Gasteiger partial charge on any atom is -0.507 e. The van der Waals surface area contributed by atoms with E-state index in [-0.39, 0.29) is 26.9 Å². The summed E-state index contributed by atoms with van der Waals surface area (Å²) in [5.41, 5.74) is -0.403. The van der Waals surface area contributed by atoms with Crippen LogP contribution in [0.1, 0.15) is 20.7 Å². The maximum absolute atomic E-state index is 10.5. The molecule has 0 aliphatic rings. The number of halogens is 3. The maximum Gasteiger partial charge on any atom is 0.340 e. The van der Waals surface area contributed by atoms with Crippen LogP contribution < -0.4 is 0 Å². The summed E-state index contributed by atoms with van der Waals surface area (Å²) in [5, 5.41) is 35.4. The van der Waals surface area contributed by atoms with E-state index < -0.39 is 17.7 Å². The highest BCUT2D eigenvalue weighted by Gasteiger charge is 2.13. The summed E-state index contributed by atoms with van der Waals surface area (Å²) >= 11 is 14.0. The Labute approximate surface area is 148 Å². The van der Waals surface area contributed by atoms with Gasteiger partial charge in [-0.15, -0.1) is 0 Å². The number of carboxylic acid groups (broad SMARTS) is 2. The van der Waals surface area contributed by atoms with Gasteiger partial charge in [-0.1, -0.05) is 29.3 Å². The third-order valence-corrected chi connectivity index (χ3v) is 3.63. The lowest BCUT2D eigenvalue weighted by Gasteiger charge is -2.01. The second-order valence-corrected chi connectivity index (χ2v) is 5.73. The minimum atomic E-state index is -1.27. The summed E-state index contributed by atoms with van der Waals surface area (Å²) < 4.78 is 0.380. The van der Waals surface area contributed by atoms with Crippen LogP contribution in [-0.2, 0) is 0 Å². The van der Waals surface area contributed by atoms with Crippen molar-refractivity contribution in [2.45, 2.75) is 0 Å². The lowest BCUT2D eigenvalue weighted by Crippen LogP contribution is -1.97. The van der Waals surface area contributed by atoms with Crippen LogP contribution >= 0.6 is 39.1 Å². The Bertz CT molecular complexity index is 743. The zero-order valence-electron chi connectivity index (χ0n) is 11.1. The number of hydrogen-bond donors (Lipinski definition) is 4. The first-order valence-corrected chi connectivity index (χ1v) is 7.32. The van der Waals surface area contributed by atoms with Crippen molar-refractivity contribution in [2.75, 3.05) is 0 Å². The minimum absolute atomic E-state index is 0.0695. The molecule has 6 nitrogen and oxygen atoms in total. The Morgan fingerprint density at radius 3 is 2.04 bits per heavy atom. The van der Waals surface area contributed by atoms with Crippen molar-refractivity contribution in [2.24, 2.45) is 0 Å². The zero-order chi connectivity index (χ0) is 17.7. The molecule has 0 bridgehead atoms. The van der Waals surface area contributed by atoms with Crippen LogP contribution in [-0.4, -0.2) is 32.4 Å². The molecular formula is C14H9BrCl2O6. The van der Waals surface area contributed by atoms with Gasteiger partial charge >= 0.3 is 11.9 Å². The number of benzene rings is 2. The largest absolute Gasteiger partial charge is 0.507 e. The summed E-state index contributed by atoms with van der Waals surface area (Å²) in [7, 11) is 0. The van der Waals surface area contributed by atoms with Gasteiger partial charge in [-0.05, 0) is 40.2 Å². The summed E-state index contributed by atoms with van der Waals surface area (Å²) in [6.07, 6.45) is 0. The van der Waals surface area contributed by atoms with Crippen LogP contribution in [0.5, 0.6) is 11.5 Å². The van der Waals surface area contributed by atoms with Crippen LogP contribution in [0.25, 0.3) is 0 Å². The van der Waals surface area contributed by atoms with Gasteiger partial charge in [0.1, 0.15) is 22.6 Å². The summed E-state index contributed by atoms with van der Waals surface area (Å²) in [5.74, 6) is -3.10. The predicted octanol–water partition coefficient (Wildman–Crippen LogP) is 4.25. The molecule has 0 saturated heterocycles. The number of hydrogen-bond acceptors (Lipinski definition) is 4. The molecule has 0 radical (unpaired) electrons. The van der Waals surface area contributed by atoms with E-state index in [0.29, 0.717) is 4.47 Å². The smallest absolute Gasteiger partial charge is 0.340 e. The molecule has 0 heterocycles. The van der Waals surface area contributed by atoms with Crippen molar-refractivity contribution < 1.29 is 30.0 Å². The zero-order valence-corrected chi connectivity index (χ0v) is 14.2. The van der Waals surface area contributed by atoms with Crippen molar-refractivity contribution in [3.63, 3.8) is 0 Å². The van der Waals surface area contributed by atoms with Crippen LogP contribution in [0, 0.1) is 0 Å². The van der Waals surface area contributed by atoms with Crippen LogP contribution in [0.3, 0.4) is 0 Å². The Kier molecular flexibility index (Phi) is 6.68. The highest BCUT2D eigenvalue weighted by molar-refractivity contribution is 9.10. The monoisotopic (exact) mass is 422 g/mol. The third kappa shape index (κ3) is 5.02. The number of rotatable bonds is 2. The molecular weight excluding hydrogens is 415 g/mol. The second kappa shape index (κ2) is 8.05. The number of aromatic carboxylic acids is 2. The van der Waals surface area contributed by atoms with Crippen molar-refractivity contribution in [3.8, 4) is 11.5 Å².